The van der Waals surface area contributed by atoms with Gasteiger partial charge in [-0.3, -0.25) is 0 Å². The second kappa shape index (κ2) is 9.13. The van der Waals surface area contributed by atoms with Gasteiger partial charge in [0.1, 0.15) is 11.4 Å². The highest BCUT2D eigenvalue weighted by Gasteiger charge is 2.13. The Morgan fingerprint density at radius 3 is 1.96 bits per heavy atom. The average Bonchev–Trinajstić information content (AvgIpc) is 3.41. The first kappa shape index (κ1) is 20.9. The van der Waals surface area contributed by atoms with Gasteiger partial charge in [-0.05, 0) is 41.9 Å². The second-order valence-electron chi connectivity index (χ2n) is 5.45. The molecule has 0 aromatic carbocycles. The van der Waals surface area contributed by atoms with Gasteiger partial charge in [0.2, 0.25) is 0 Å². The minimum absolute atomic E-state index is 0.303. The third-order valence-corrected chi connectivity index (χ3v) is 6.82. The lowest BCUT2D eigenvalue weighted by Crippen LogP contribution is -2.04. The third kappa shape index (κ3) is 4.43. The van der Waals surface area contributed by atoms with Crippen molar-refractivity contribution in [1.82, 2.24) is 9.97 Å². The Morgan fingerprint density at radius 2 is 1.46 bits per heavy atom. The van der Waals surface area contributed by atoms with Gasteiger partial charge in [0.05, 0.1) is 43.1 Å². The van der Waals surface area contributed by atoms with E-state index in [2.05, 4.69) is 25.9 Å². The van der Waals surface area contributed by atoms with Crippen LogP contribution in [0.1, 0.15) is 34.8 Å². The number of hydrogen-bond acceptors (Lipinski definition) is 6. The Hall–Kier alpha value is -1.81. The first-order valence-corrected chi connectivity index (χ1v) is 11.2. The molecule has 4 heterocycles. The van der Waals surface area contributed by atoms with Crippen molar-refractivity contribution in [3.63, 3.8) is 0 Å². The van der Waals surface area contributed by atoms with Gasteiger partial charge < -0.3 is 19.4 Å². The van der Waals surface area contributed by atoms with E-state index in [-0.39, 0.29) is 11.9 Å². The molecule has 0 saturated carbocycles. The van der Waals surface area contributed by atoms with E-state index in [9.17, 15) is 9.59 Å². The number of carbonyl (C=O) groups is 2. The lowest BCUT2D eigenvalue weighted by Gasteiger charge is -1.96. The standard InChI is InChI=1S/C9H8BrNO2S.C9H8ClNO2S/c2*1-2-13-9(12)6-3-7-8(11-6)5(10)4-14-7/h2*3-4,11H,2H2,1H3. The molecule has 0 bridgehead atoms. The molecular formula is C18H16BrClN2O4S2. The Kier molecular flexibility index (Phi) is 6.82. The average molecular weight is 504 g/mol. The summed E-state index contributed by atoms with van der Waals surface area (Å²) in [5.41, 5.74) is 2.72. The number of carbonyl (C=O) groups excluding carboxylic acids is 2. The molecular weight excluding hydrogens is 488 g/mol. The fourth-order valence-corrected chi connectivity index (χ4v) is 5.09. The van der Waals surface area contributed by atoms with Crippen LogP contribution in [0.2, 0.25) is 5.02 Å². The van der Waals surface area contributed by atoms with E-state index in [1.807, 2.05) is 16.8 Å². The second-order valence-corrected chi connectivity index (χ2v) is 8.54. The summed E-state index contributed by atoms with van der Waals surface area (Å²) in [5.74, 6) is -0.644. The highest BCUT2D eigenvalue weighted by Crippen LogP contribution is 2.31. The van der Waals surface area contributed by atoms with Crippen molar-refractivity contribution >= 4 is 82.6 Å². The van der Waals surface area contributed by atoms with Crippen LogP contribution in [0.5, 0.6) is 0 Å². The van der Waals surface area contributed by atoms with Crippen molar-refractivity contribution in [2.45, 2.75) is 13.8 Å². The maximum absolute atomic E-state index is 11.4. The number of H-pyrrole nitrogens is 2. The molecule has 0 aliphatic rings. The number of aromatic amines is 2. The SMILES string of the molecule is CCOC(=O)c1cc2scc(Br)c2[nH]1.CCOC(=O)c1cc2scc(Cl)c2[nH]1. The molecule has 2 N–H and O–H groups in total. The zero-order valence-corrected chi connectivity index (χ0v) is 18.9. The summed E-state index contributed by atoms with van der Waals surface area (Å²) in [4.78, 5) is 28.6. The molecule has 0 aliphatic carbocycles. The van der Waals surface area contributed by atoms with Gasteiger partial charge in [0, 0.05) is 10.8 Å². The molecule has 0 unspecified atom stereocenters. The summed E-state index contributed by atoms with van der Waals surface area (Å²) in [5, 5.41) is 4.45. The number of ether oxygens (including phenoxy) is 2. The van der Waals surface area contributed by atoms with Crippen molar-refractivity contribution < 1.29 is 19.1 Å². The molecule has 4 aromatic rings. The maximum Gasteiger partial charge on any atom is 0.354 e. The summed E-state index contributed by atoms with van der Waals surface area (Å²) >= 11 is 12.4. The maximum atomic E-state index is 11.4. The Balaban J connectivity index is 0.000000161. The van der Waals surface area contributed by atoms with Crippen molar-refractivity contribution in [1.29, 1.82) is 0 Å². The first-order valence-electron chi connectivity index (χ1n) is 8.30. The van der Waals surface area contributed by atoms with Crippen LogP contribution in [-0.4, -0.2) is 35.1 Å². The van der Waals surface area contributed by atoms with Gasteiger partial charge in [-0.15, -0.1) is 22.7 Å². The van der Waals surface area contributed by atoms with Crippen LogP contribution in [-0.2, 0) is 9.47 Å². The summed E-state index contributed by atoms with van der Waals surface area (Å²) in [6.45, 7) is 4.33. The molecule has 6 nitrogen and oxygen atoms in total. The topological polar surface area (TPSA) is 84.2 Å². The van der Waals surface area contributed by atoms with Crippen LogP contribution in [0.4, 0.5) is 0 Å². The smallest absolute Gasteiger partial charge is 0.354 e. The van der Waals surface area contributed by atoms with Crippen LogP contribution in [0.3, 0.4) is 0 Å². The van der Waals surface area contributed by atoms with Gasteiger partial charge in [-0.2, -0.15) is 0 Å². The molecule has 0 spiro atoms. The van der Waals surface area contributed by atoms with Crippen molar-refractivity contribution in [2.24, 2.45) is 0 Å². The molecule has 28 heavy (non-hydrogen) atoms. The van der Waals surface area contributed by atoms with Gasteiger partial charge >= 0.3 is 11.9 Å². The molecule has 0 aliphatic heterocycles. The summed E-state index contributed by atoms with van der Waals surface area (Å²) in [6, 6.07) is 3.56. The summed E-state index contributed by atoms with van der Waals surface area (Å²) in [7, 11) is 0. The monoisotopic (exact) mass is 502 g/mol. The normalized spacial score (nSPS) is 10.7. The van der Waals surface area contributed by atoms with E-state index < -0.39 is 0 Å². The number of fused-ring (bicyclic) bond motifs is 2. The van der Waals surface area contributed by atoms with Crippen LogP contribution < -0.4 is 0 Å². The van der Waals surface area contributed by atoms with Crippen LogP contribution in [0.15, 0.2) is 27.4 Å². The van der Waals surface area contributed by atoms with Gasteiger partial charge in [-0.25, -0.2) is 9.59 Å². The van der Waals surface area contributed by atoms with Crippen LogP contribution in [0.25, 0.3) is 20.4 Å². The number of rotatable bonds is 4. The van der Waals surface area contributed by atoms with E-state index in [4.69, 9.17) is 21.1 Å². The largest absolute Gasteiger partial charge is 0.461 e. The molecule has 0 radical (unpaired) electrons. The fourth-order valence-electron chi connectivity index (χ4n) is 2.40. The van der Waals surface area contributed by atoms with E-state index in [0.717, 1.165) is 24.9 Å². The summed E-state index contributed by atoms with van der Waals surface area (Å²) < 4.78 is 12.7. The Labute approximate surface area is 181 Å². The quantitative estimate of drug-likeness (QED) is 0.323. The highest BCUT2D eigenvalue weighted by atomic mass is 79.9. The number of nitrogens with one attached hydrogen (secondary N) is 2. The molecule has 0 fully saturated rings. The van der Waals surface area contributed by atoms with Gasteiger partial charge in [0.15, 0.2) is 0 Å². The number of hydrogen-bond donors (Lipinski definition) is 2. The van der Waals surface area contributed by atoms with E-state index >= 15 is 0 Å². The van der Waals surface area contributed by atoms with Gasteiger partial charge in [0.25, 0.3) is 0 Å². The van der Waals surface area contributed by atoms with E-state index in [1.54, 1.807) is 31.3 Å². The summed E-state index contributed by atoms with van der Waals surface area (Å²) in [6.07, 6.45) is 0. The number of esters is 2. The minimum atomic E-state index is -0.341. The van der Waals surface area contributed by atoms with Crippen molar-refractivity contribution in [2.75, 3.05) is 13.2 Å². The molecule has 4 aromatic heterocycles. The fraction of sp³-hybridized carbons (Fsp3) is 0.222. The Bertz CT molecular complexity index is 1040. The van der Waals surface area contributed by atoms with Crippen LogP contribution >= 0.6 is 50.2 Å². The molecule has 10 heteroatoms. The number of thiophene rings is 2. The lowest BCUT2D eigenvalue weighted by molar-refractivity contribution is 0.0511. The molecule has 4 rings (SSSR count). The minimum Gasteiger partial charge on any atom is -0.461 e. The zero-order valence-electron chi connectivity index (χ0n) is 14.9. The molecule has 0 saturated heterocycles. The molecule has 148 valence electrons. The van der Waals surface area contributed by atoms with E-state index in [1.165, 1.54) is 11.3 Å². The van der Waals surface area contributed by atoms with E-state index in [0.29, 0.717) is 29.6 Å². The molecule has 0 amide bonds. The number of aromatic nitrogens is 2. The third-order valence-electron chi connectivity index (χ3n) is 3.61. The predicted molar refractivity (Wildman–Crippen MR) is 117 cm³/mol. The Morgan fingerprint density at radius 1 is 0.964 bits per heavy atom. The first-order chi connectivity index (χ1) is 13.4. The zero-order chi connectivity index (χ0) is 20.3. The van der Waals surface area contributed by atoms with Crippen molar-refractivity contribution in [3.8, 4) is 0 Å². The van der Waals surface area contributed by atoms with Crippen molar-refractivity contribution in [3.05, 3.63) is 43.8 Å². The molecule has 0 atom stereocenters. The number of halogens is 2. The predicted octanol–water partition coefficient (Wildman–Crippen LogP) is 6.23. The van der Waals surface area contributed by atoms with Crippen LogP contribution in [0, 0.1) is 0 Å². The lowest BCUT2D eigenvalue weighted by atomic mass is 10.4. The highest BCUT2D eigenvalue weighted by molar-refractivity contribution is 9.10. The van der Waals surface area contributed by atoms with Gasteiger partial charge in [-0.1, -0.05) is 11.6 Å².